The molecule has 2 atom stereocenters. The topological polar surface area (TPSA) is 77.0 Å². The van der Waals surface area contributed by atoms with Crippen LogP contribution in [0, 0.1) is 12.0 Å². The lowest BCUT2D eigenvalue weighted by Crippen LogP contribution is -2.47. The molecule has 2 aliphatic rings. The summed E-state index contributed by atoms with van der Waals surface area (Å²) in [4.78, 5) is 29.8. The van der Waals surface area contributed by atoms with Gasteiger partial charge in [0.15, 0.2) is 12.1 Å². The first-order chi connectivity index (χ1) is 10.3. The SMILES string of the molecule is C=N/C(NC=O)=C(/C=O)N1CC#CNC2CCCN(C2)C1. The highest BCUT2D eigenvalue weighted by Crippen LogP contribution is 2.14. The Bertz CT molecular complexity index is 505. The molecule has 0 aliphatic carbocycles. The number of nitrogens with zero attached hydrogens (tertiary/aromatic N) is 3. The molecule has 0 aromatic carbocycles. The van der Waals surface area contributed by atoms with Crippen molar-refractivity contribution in [2.75, 3.05) is 26.3 Å². The Balaban J connectivity index is 2.25. The largest absolute Gasteiger partial charge is 0.342 e. The number of nitrogens with one attached hydrogen (secondary N) is 2. The van der Waals surface area contributed by atoms with Crippen molar-refractivity contribution in [3.63, 3.8) is 0 Å². The van der Waals surface area contributed by atoms with Crippen molar-refractivity contribution >= 4 is 19.4 Å². The average molecular weight is 289 g/mol. The normalized spacial score (nSPS) is 25.6. The van der Waals surface area contributed by atoms with Gasteiger partial charge in [0.1, 0.15) is 5.70 Å². The fourth-order valence-corrected chi connectivity index (χ4v) is 2.58. The Morgan fingerprint density at radius 1 is 1.48 bits per heavy atom. The predicted molar refractivity (Wildman–Crippen MR) is 78.9 cm³/mol. The molecule has 2 heterocycles. The molecule has 2 unspecified atom stereocenters. The van der Waals surface area contributed by atoms with E-state index in [1.165, 1.54) is 0 Å². The third-order valence-corrected chi connectivity index (χ3v) is 3.56. The lowest BCUT2D eigenvalue weighted by Gasteiger charge is -2.35. The summed E-state index contributed by atoms with van der Waals surface area (Å²) in [7, 11) is 0. The summed E-state index contributed by atoms with van der Waals surface area (Å²) >= 11 is 0. The Morgan fingerprint density at radius 3 is 3.05 bits per heavy atom. The number of aliphatic imine (C=N–C) groups is 1. The number of piperidine rings is 1. The lowest BCUT2D eigenvalue weighted by molar-refractivity contribution is -0.109. The van der Waals surface area contributed by atoms with Gasteiger partial charge in [-0.25, -0.2) is 4.99 Å². The Kier molecular flexibility index (Phi) is 5.35. The molecule has 0 aromatic rings. The Hall–Kier alpha value is -2.33. The number of rotatable bonds is 5. The van der Waals surface area contributed by atoms with Gasteiger partial charge in [-0.15, -0.1) is 0 Å². The summed E-state index contributed by atoms with van der Waals surface area (Å²) in [5, 5.41) is 5.60. The van der Waals surface area contributed by atoms with Gasteiger partial charge in [0.05, 0.1) is 13.2 Å². The average Bonchev–Trinajstić information content (AvgIpc) is 2.57. The van der Waals surface area contributed by atoms with Gasteiger partial charge in [0.25, 0.3) is 0 Å². The molecule has 7 heteroatoms. The van der Waals surface area contributed by atoms with E-state index in [0.29, 0.717) is 32.0 Å². The van der Waals surface area contributed by atoms with Crippen molar-refractivity contribution in [1.29, 1.82) is 0 Å². The molecule has 21 heavy (non-hydrogen) atoms. The monoisotopic (exact) mass is 289 g/mol. The molecule has 2 bridgehead atoms. The quantitative estimate of drug-likeness (QED) is 0.296. The van der Waals surface area contributed by atoms with Crippen molar-refractivity contribution in [1.82, 2.24) is 20.4 Å². The van der Waals surface area contributed by atoms with E-state index in [0.717, 1.165) is 25.9 Å². The minimum Gasteiger partial charge on any atom is -0.342 e. The van der Waals surface area contributed by atoms with E-state index < -0.39 is 0 Å². The maximum absolute atomic E-state index is 11.4. The number of allylic oxidation sites excluding steroid dienone is 1. The van der Waals surface area contributed by atoms with Gasteiger partial charge in [-0.3, -0.25) is 14.5 Å². The zero-order valence-corrected chi connectivity index (χ0v) is 11.8. The van der Waals surface area contributed by atoms with Crippen molar-refractivity contribution < 1.29 is 9.59 Å². The summed E-state index contributed by atoms with van der Waals surface area (Å²) in [6.45, 7) is 6.19. The number of fused-ring (bicyclic) bond motifs is 2. The van der Waals surface area contributed by atoms with E-state index in [4.69, 9.17) is 0 Å². The standard InChI is InChI=1S/C14H19N5O2/c1-15-14(17-10-21)13(9-20)19-7-3-5-16-12-4-2-6-18(8-12)11-19/h9-10,12,16H,1-2,4,6-8,11H2,(H,17,21)/b14-13+. The number of aldehydes is 1. The van der Waals surface area contributed by atoms with Crippen LogP contribution in [0.25, 0.3) is 0 Å². The lowest BCUT2D eigenvalue weighted by atomic mass is 10.1. The van der Waals surface area contributed by atoms with Crippen molar-refractivity contribution in [2.24, 2.45) is 4.99 Å². The summed E-state index contributed by atoms with van der Waals surface area (Å²) in [6, 6.07) is 3.30. The summed E-state index contributed by atoms with van der Waals surface area (Å²) in [6.07, 6.45) is 3.35. The summed E-state index contributed by atoms with van der Waals surface area (Å²) in [5.41, 5.74) is 0.287. The molecule has 0 radical (unpaired) electrons. The minimum absolute atomic E-state index is 0.155. The fraction of sp³-hybridized carbons (Fsp3) is 0.500. The van der Waals surface area contributed by atoms with Crippen LogP contribution in [0.5, 0.6) is 0 Å². The molecule has 0 aromatic heterocycles. The Labute approximate surface area is 124 Å². The third-order valence-electron chi connectivity index (χ3n) is 3.56. The van der Waals surface area contributed by atoms with Crippen LogP contribution >= 0.6 is 0 Å². The van der Waals surface area contributed by atoms with Crippen LogP contribution in [-0.4, -0.2) is 61.6 Å². The zero-order valence-electron chi connectivity index (χ0n) is 11.8. The zero-order chi connectivity index (χ0) is 15.1. The maximum atomic E-state index is 11.4. The molecule has 112 valence electrons. The molecular weight excluding hydrogens is 270 g/mol. The molecule has 2 N–H and O–H groups in total. The first kappa shape index (κ1) is 15.1. The highest BCUT2D eigenvalue weighted by Gasteiger charge is 2.23. The van der Waals surface area contributed by atoms with E-state index in [2.05, 4.69) is 39.2 Å². The van der Waals surface area contributed by atoms with Gasteiger partial charge in [-0.05, 0) is 26.1 Å². The van der Waals surface area contributed by atoms with E-state index >= 15 is 0 Å². The summed E-state index contributed by atoms with van der Waals surface area (Å²) in [5.74, 6) is 3.15. The molecule has 0 saturated carbocycles. The van der Waals surface area contributed by atoms with E-state index in [1.54, 1.807) is 4.90 Å². The second-order valence-corrected chi connectivity index (χ2v) is 4.97. The molecule has 1 fully saturated rings. The minimum atomic E-state index is 0.155. The second kappa shape index (κ2) is 7.45. The van der Waals surface area contributed by atoms with Gasteiger partial charge in [0.2, 0.25) is 6.41 Å². The van der Waals surface area contributed by atoms with E-state index in [1.807, 2.05) is 0 Å². The summed E-state index contributed by atoms with van der Waals surface area (Å²) < 4.78 is 0. The second-order valence-electron chi connectivity index (χ2n) is 4.97. The number of amides is 1. The fourth-order valence-electron chi connectivity index (χ4n) is 2.58. The van der Waals surface area contributed by atoms with Crippen LogP contribution < -0.4 is 10.6 Å². The Morgan fingerprint density at radius 2 is 2.33 bits per heavy atom. The van der Waals surface area contributed by atoms with Gasteiger partial charge < -0.3 is 15.5 Å². The van der Waals surface area contributed by atoms with E-state index in [9.17, 15) is 9.59 Å². The van der Waals surface area contributed by atoms with Crippen molar-refractivity contribution in [3.05, 3.63) is 11.5 Å². The molecular formula is C14H19N5O2. The molecule has 7 nitrogen and oxygen atoms in total. The van der Waals surface area contributed by atoms with E-state index in [-0.39, 0.29) is 11.5 Å². The van der Waals surface area contributed by atoms with Gasteiger partial charge >= 0.3 is 0 Å². The molecule has 1 saturated heterocycles. The number of hydrogen-bond acceptors (Lipinski definition) is 6. The maximum Gasteiger partial charge on any atom is 0.212 e. The number of carbonyl (C=O) groups excluding carboxylic acids is 2. The number of hydrogen-bond donors (Lipinski definition) is 2. The molecule has 2 rings (SSSR count). The van der Waals surface area contributed by atoms with Crippen LogP contribution in [-0.2, 0) is 9.59 Å². The van der Waals surface area contributed by atoms with Gasteiger partial charge in [-0.2, -0.15) is 0 Å². The smallest absolute Gasteiger partial charge is 0.212 e. The first-order valence-corrected chi connectivity index (χ1v) is 6.85. The number of carbonyl (C=O) groups is 2. The van der Waals surface area contributed by atoms with Gasteiger partial charge in [0, 0.05) is 18.6 Å². The van der Waals surface area contributed by atoms with Crippen molar-refractivity contribution in [2.45, 2.75) is 18.9 Å². The highest BCUT2D eigenvalue weighted by atomic mass is 16.1. The molecule has 0 spiro atoms. The first-order valence-electron chi connectivity index (χ1n) is 6.85. The third kappa shape index (κ3) is 3.83. The molecule has 1 amide bonds. The highest BCUT2D eigenvalue weighted by molar-refractivity contribution is 5.75. The van der Waals surface area contributed by atoms with Crippen LogP contribution in [0.4, 0.5) is 0 Å². The molecule has 2 aliphatic heterocycles. The van der Waals surface area contributed by atoms with Crippen LogP contribution in [0.1, 0.15) is 12.8 Å². The van der Waals surface area contributed by atoms with Crippen molar-refractivity contribution in [3.8, 4) is 12.0 Å². The van der Waals surface area contributed by atoms with Crippen LogP contribution in [0.3, 0.4) is 0 Å². The van der Waals surface area contributed by atoms with Crippen LogP contribution in [0.15, 0.2) is 16.5 Å². The van der Waals surface area contributed by atoms with Crippen LogP contribution in [0.2, 0.25) is 0 Å². The predicted octanol–water partition coefficient (Wildman–Crippen LogP) is -0.911. The van der Waals surface area contributed by atoms with Gasteiger partial charge in [-0.1, -0.05) is 5.92 Å².